The largest absolute Gasteiger partial charge is 0.394 e. The smallest absolute Gasteiger partial charge is 0.322 e. The molecule has 11 atom stereocenters. The van der Waals surface area contributed by atoms with E-state index >= 15 is 19.2 Å². The summed E-state index contributed by atoms with van der Waals surface area (Å²) in [5, 5.41) is 51.1. The summed E-state index contributed by atoms with van der Waals surface area (Å²) in [5.74, 6) is -14.7. The molecule has 7 aromatic rings. The molecule has 1 saturated heterocycles. The van der Waals surface area contributed by atoms with E-state index in [2.05, 4.69) is 78.4 Å². The average molecular weight is 1560 g/mol. The molecule has 0 spiro atoms. The first-order chi connectivity index (χ1) is 53.5. The summed E-state index contributed by atoms with van der Waals surface area (Å²) in [4.78, 5) is 215. The number of benzene rings is 4. The molecule has 1 fully saturated rings. The molecule has 112 heavy (non-hydrogen) atoms. The van der Waals surface area contributed by atoms with E-state index < -0.39 is 198 Å². The lowest BCUT2D eigenvalue weighted by atomic mass is 9.86. The van der Waals surface area contributed by atoms with Crippen LogP contribution in [-0.4, -0.2) is 192 Å². The lowest BCUT2D eigenvalue weighted by molar-refractivity contribution is -0.137. The van der Waals surface area contributed by atoms with Gasteiger partial charge in [0.15, 0.2) is 11.7 Å². The minimum absolute atomic E-state index is 0.0160. The molecule has 35 heteroatoms. The Balaban J connectivity index is 1.17. The fraction of sp³-hybridized carbons (Fsp3) is 0.429. The van der Waals surface area contributed by atoms with Crippen molar-refractivity contribution in [3.8, 4) is 0 Å². The van der Waals surface area contributed by atoms with Crippen LogP contribution in [0.15, 0.2) is 116 Å². The van der Waals surface area contributed by atoms with E-state index in [0.29, 0.717) is 63.1 Å². The molecule has 34 nitrogen and oxygen atoms in total. The summed E-state index contributed by atoms with van der Waals surface area (Å²) in [6.07, 6.45) is 4.49. The van der Waals surface area contributed by atoms with Crippen LogP contribution in [-0.2, 0) is 83.2 Å². The van der Waals surface area contributed by atoms with Crippen LogP contribution < -0.4 is 75.3 Å². The molecule has 1 aliphatic rings. The fourth-order valence-electron chi connectivity index (χ4n) is 12.9. The number of fused-ring (bicyclic) bond motifs is 3. The first kappa shape index (κ1) is 85.6. The Morgan fingerprint density at radius 3 is 1.68 bits per heavy atom. The van der Waals surface area contributed by atoms with Crippen molar-refractivity contribution in [1.82, 2.24) is 83.7 Å². The molecular formula is C77H99N19O15S. The number of carbonyl (C=O) groups is 14. The van der Waals surface area contributed by atoms with Crippen molar-refractivity contribution < 1.29 is 72.2 Å². The Kier molecular flexibility index (Phi) is 31.4. The number of Topliss-reactive ketones (excluding diaryl/α,β-unsaturated/α-hetero) is 2. The Morgan fingerprint density at radius 2 is 1.10 bits per heavy atom. The van der Waals surface area contributed by atoms with Gasteiger partial charge in [0, 0.05) is 103 Å². The fourth-order valence-corrected chi connectivity index (χ4v) is 13.7. The number of unbranched alkanes of at least 4 members (excludes halogenated alkanes) is 1. The van der Waals surface area contributed by atoms with Gasteiger partial charge < -0.3 is 90.0 Å². The number of H-pyrrole nitrogens is 3. The molecule has 0 radical (unpaired) electrons. The molecule has 0 bridgehead atoms. The van der Waals surface area contributed by atoms with E-state index in [1.54, 1.807) is 101 Å². The van der Waals surface area contributed by atoms with Crippen molar-refractivity contribution in [3.05, 3.63) is 138 Å². The van der Waals surface area contributed by atoms with Gasteiger partial charge in [-0.15, -0.1) is 0 Å². The number of hydrogen-bond acceptors (Lipinski definition) is 18. The maximum absolute atomic E-state index is 15.1. The first-order valence-electron chi connectivity index (χ1n) is 37.0. The zero-order chi connectivity index (χ0) is 81.3. The summed E-state index contributed by atoms with van der Waals surface area (Å²) in [5.41, 5.74) is 14.7. The minimum atomic E-state index is -1.95. The molecule has 8 rings (SSSR count). The maximum Gasteiger partial charge on any atom is 0.322 e. The second-order valence-corrected chi connectivity index (χ2v) is 29.4. The molecule has 0 aliphatic carbocycles. The molecule has 13 amide bonds. The van der Waals surface area contributed by atoms with Gasteiger partial charge in [0.2, 0.25) is 53.2 Å². The van der Waals surface area contributed by atoms with Crippen LogP contribution in [0.25, 0.3) is 32.6 Å². The number of aliphatic hydroxyl groups is 1. The highest BCUT2D eigenvalue weighted by molar-refractivity contribution is 8.13. The van der Waals surface area contributed by atoms with Crippen molar-refractivity contribution in [2.75, 3.05) is 18.9 Å². The number of amides is 13. The van der Waals surface area contributed by atoms with Crippen molar-refractivity contribution >= 4 is 132 Å². The molecule has 598 valence electrons. The average Bonchev–Trinajstić information content (AvgIpc) is 1.61. The molecule has 21 N–H and O–H groups in total. The van der Waals surface area contributed by atoms with Crippen molar-refractivity contribution in [2.45, 2.75) is 173 Å². The Hall–Kier alpha value is -12.0. The third-order valence-electron chi connectivity index (χ3n) is 19.1. The number of ketones is 2. The number of primary amides is 1. The van der Waals surface area contributed by atoms with Crippen molar-refractivity contribution in [2.24, 2.45) is 29.2 Å². The van der Waals surface area contributed by atoms with Gasteiger partial charge in [-0.1, -0.05) is 138 Å². The number of rotatable bonds is 21. The number of urea groups is 1. The number of hydrogen-bond donors (Lipinski definition) is 19. The topological polar surface area (TPSA) is 540 Å². The number of para-hydroxylation sites is 2. The number of imidazole rings is 1. The third kappa shape index (κ3) is 24.7. The highest BCUT2D eigenvalue weighted by Crippen LogP contribution is 2.25. The Bertz CT molecular complexity index is 4560. The molecule has 4 aromatic carbocycles. The SMILES string of the molecule is CCCC[C@@H]1NC(=O)[C@H](Cc2c[nH]c3ccccc23)NC(=O)[C@H](CC(C)=O)NC(=O)[C@H](Cc2cnc[nH]2)NC(=O)NC(=O)[C@H](CO)NC(=O)[C@H](CCCNC(=N)N)NC(=O)[C@H](Cc2ccc3ccccc3c2)NC(=O)SC[C@@H](C(N)=O)NC(=O)[C@H](C(C)C)NC(=O)[C@H](Cc2c[nH]c3ccccc23)NC(=O)[C@H](C(C)C)CC1=O. The third-order valence-corrected chi connectivity index (χ3v) is 20.0. The summed E-state index contributed by atoms with van der Waals surface area (Å²) >= 11 is 0.450. The first-order valence-corrected chi connectivity index (χ1v) is 38.0. The predicted molar refractivity (Wildman–Crippen MR) is 418 cm³/mol. The number of guanidine groups is 1. The normalized spacial score (nSPS) is 22.7. The number of nitrogens with one attached hydrogen (secondary N) is 16. The van der Waals surface area contributed by atoms with Crippen LogP contribution in [0.1, 0.15) is 109 Å². The van der Waals surface area contributed by atoms with Crippen LogP contribution >= 0.6 is 11.8 Å². The number of imide groups is 1. The van der Waals surface area contributed by atoms with E-state index in [9.17, 15) is 53.1 Å². The Labute approximate surface area is 649 Å². The number of aliphatic hydroxyl groups excluding tert-OH is 1. The van der Waals surface area contributed by atoms with Gasteiger partial charge in [-0.25, -0.2) is 9.78 Å². The van der Waals surface area contributed by atoms with Gasteiger partial charge in [-0.05, 0) is 77.6 Å². The van der Waals surface area contributed by atoms with Crippen LogP contribution in [0, 0.1) is 23.2 Å². The van der Waals surface area contributed by atoms with Gasteiger partial charge in [-0.3, -0.25) is 73.1 Å². The highest BCUT2D eigenvalue weighted by atomic mass is 32.2. The molecule has 4 heterocycles. The van der Waals surface area contributed by atoms with E-state index in [-0.39, 0.29) is 50.8 Å². The molecule has 1 aliphatic heterocycles. The molecule has 0 unspecified atom stereocenters. The van der Waals surface area contributed by atoms with Gasteiger partial charge >= 0.3 is 6.03 Å². The van der Waals surface area contributed by atoms with E-state index in [1.165, 1.54) is 12.5 Å². The standard InChI is InChI=1S/C77H99N19O15S/c1-7-8-20-54-63(99)33-51(40(2)3)66(101)88-59(31-47-35-84-53-22-14-12-19-50(47)53)72(107)95-64(41(4)5)74(109)92-62(65(78)100)38-112-77(111)94-57(29-43-24-25-44-16-9-10-17-45(44)28-43)69(104)87-55(23-15-26-82-75(79)80)67(102)91-61(37-97)73(108)96-76(110)93-60(32-48-36-81-39-85-48)71(106)89-56(27-42(6)98)68(103)90-58(70(105)86-54)30-46-34-83-52-21-13-11-18-49(46)52/h9-14,16-19,21-22,24-25,28,34-36,39-41,51,54-62,64,83-84,97H,7-8,15,20,23,26-27,29-33,37-38H2,1-6H3,(H2,78,100)(H,81,85)(H,86,105)(H,87,104)(H,88,101)(H,89,106)(H,90,103)(H,91,102)(H,92,109)(H,94,111)(H,95,107)(H4,79,80,82)(H2,93,96,108,110)/t51-,54-,55-,56-,57-,58-,59-,60-,61-,62-,64-/m0/s1. The quantitative estimate of drug-likeness (QED) is 0.0275. The van der Waals surface area contributed by atoms with Gasteiger partial charge in [0.1, 0.15) is 60.2 Å². The number of aromatic nitrogens is 4. The summed E-state index contributed by atoms with van der Waals surface area (Å²) < 4.78 is 0. The van der Waals surface area contributed by atoms with Crippen LogP contribution in [0.4, 0.5) is 9.59 Å². The summed E-state index contributed by atoms with van der Waals surface area (Å²) in [6, 6.07) is 9.61. The van der Waals surface area contributed by atoms with E-state index in [0.717, 1.165) is 17.7 Å². The van der Waals surface area contributed by atoms with E-state index in [4.69, 9.17) is 16.9 Å². The van der Waals surface area contributed by atoms with Gasteiger partial charge in [-0.2, -0.15) is 0 Å². The highest BCUT2D eigenvalue weighted by Gasteiger charge is 2.39. The number of aromatic amines is 3. The van der Waals surface area contributed by atoms with Gasteiger partial charge in [0.05, 0.1) is 19.0 Å². The van der Waals surface area contributed by atoms with Crippen LogP contribution in [0.2, 0.25) is 0 Å². The predicted octanol–water partition coefficient (Wildman–Crippen LogP) is 1.49. The second kappa shape index (κ2) is 41.1. The number of thioether (sulfide) groups is 1. The maximum atomic E-state index is 15.1. The Morgan fingerprint density at radius 1 is 0.562 bits per heavy atom. The molecular weight excluding hydrogens is 1460 g/mol. The van der Waals surface area contributed by atoms with Crippen LogP contribution in [0.3, 0.4) is 0 Å². The van der Waals surface area contributed by atoms with E-state index in [1.807, 2.05) is 42.6 Å². The monoisotopic (exact) mass is 1560 g/mol. The zero-order valence-electron chi connectivity index (χ0n) is 63.0. The van der Waals surface area contributed by atoms with Crippen molar-refractivity contribution in [1.29, 1.82) is 5.41 Å². The lowest BCUT2D eigenvalue weighted by Crippen LogP contribution is -2.60. The molecule has 0 saturated carbocycles. The number of carbonyl (C=O) groups excluding carboxylic acids is 14. The minimum Gasteiger partial charge on any atom is -0.394 e. The summed E-state index contributed by atoms with van der Waals surface area (Å²) in [7, 11) is 0. The van der Waals surface area contributed by atoms with Crippen LogP contribution in [0.5, 0.6) is 0 Å². The second-order valence-electron chi connectivity index (χ2n) is 28.4. The molecule has 3 aromatic heterocycles. The lowest BCUT2D eigenvalue weighted by Gasteiger charge is -2.29. The summed E-state index contributed by atoms with van der Waals surface area (Å²) in [6.45, 7) is 8.44. The zero-order valence-corrected chi connectivity index (χ0v) is 63.9. The van der Waals surface area contributed by atoms with Crippen molar-refractivity contribution in [3.63, 3.8) is 0 Å². The number of nitrogens with zero attached hydrogens (tertiary/aromatic N) is 1. The number of nitrogens with two attached hydrogens (primary N) is 2. The van der Waals surface area contributed by atoms with Gasteiger partial charge in [0.25, 0.3) is 11.1 Å².